The maximum Gasteiger partial charge on any atom is 0.312 e. The highest BCUT2D eigenvalue weighted by atomic mass is 16.5. The monoisotopic (exact) mass is 397 g/mol. The molecule has 4 heteroatoms. The number of esters is 1. The van der Waals surface area contributed by atoms with Crippen molar-refractivity contribution in [3.63, 3.8) is 0 Å². The fraction of sp³-hybridized carbons (Fsp3) is 0.680. The number of carbonyl (C=O) groups excluding carboxylic acids is 2. The molecule has 1 aromatic carbocycles. The molecule has 0 spiro atoms. The maximum atomic E-state index is 12.9. The molecule has 1 aromatic rings. The van der Waals surface area contributed by atoms with E-state index in [0.29, 0.717) is 23.7 Å². The molecule has 4 aliphatic rings. The van der Waals surface area contributed by atoms with Crippen LogP contribution in [0.1, 0.15) is 76.5 Å². The van der Waals surface area contributed by atoms with E-state index in [1.165, 1.54) is 24.8 Å². The van der Waals surface area contributed by atoms with E-state index in [1.807, 2.05) is 6.92 Å². The van der Waals surface area contributed by atoms with Gasteiger partial charge in [-0.15, -0.1) is 0 Å². The van der Waals surface area contributed by atoms with Crippen molar-refractivity contribution in [3.8, 4) is 0 Å². The summed E-state index contributed by atoms with van der Waals surface area (Å²) in [5.41, 5.74) is 2.08. The zero-order chi connectivity index (χ0) is 20.6. The van der Waals surface area contributed by atoms with Gasteiger partial charge in [0, 0.05) is 0 Å². The first kappa shape index (κ1) is 20.4. The van der Waals surface area contributed by atoms with Gasteiger partial charge in [-0.1, -0.05) is 38.1 Å². The highest BCUT2D eigenvalue weighted by molar-refractivity contribution is 5.83. The zero-order valence-corrected chi connectivity index (χ0v) is 18.1. The van der Waals surface area contributed by atoms with Crippen LogP contribution in [0.4, 0.5) is 0 Å². The number of hydrogen-bond donors (Lipinski definition) is 1. The Morgan fingerprint density at radius 3 is 2.07 bits per heavy atom. The van der Waals surface area contributed by atoms with Crippen LogP contribution >= 0.6 is 0 Å². The van der Waals surface area contributed by atoms with Gasteiger partial charge in [0.1, 0.15) is 0 Å². The highest BCUT2D eigenvalue weighted by Crippen LogP contribution is 2.60. The number of benzene rings is 1. The lowest BCUT2D eigenvalue weighted by Gasteiger charge is -2.55. The number of ether oxygens (including phenoxy) is 1. The van der Waals surface area contributed by atoms with Crippen molar-refractivity contribution >= 4 is 11.9 Å². The van der Waals surface area contributed by atoms with Gasteiger partial charge in [-0.2, -0.15) is 0 Å². The molecule has 4 nitrogen and oxygen atoms in total. The van der Waals surface area contributed by atoms with Crippen molar-refractivity contribution in [2.24, 2.45) is 29.1 Å². The molecule has 1 amide bonds. The quantitative estimate of drug-likeness (QED) is 0.671. The Labute approximate surface area is 174 Å². The Morgan fingerprint density at radius 1 is 1.00 bits per heavy atom. The van der Waals surface area contributed by atoms with Crippen LogP contribution in [0, 0.1) is 29.1 Å². The topological polar surface area (TPSA) is 55.4 Å². The Morgan fingerprint density at radius 2 is 1.55 bits per heavy atom. The summed E-state index contributed by atoms with van der Waals surface area (Å²) in [5, 5.41) is 2.97. The minimum absolute atomic E-state index is 0.103. The molecule has 0 unspecified atom stereocenters. The number of carbonyl (C=O) groups is 2. The molecule has 0 radical (unpaired) electrons. The predicted molar refractivity (Wildman–Crippen MR) is 113 cm³/mol. The van der Waals surface area contributed by atoms with Gasteiger partial charge < -0.3 is 10.1 Å². The second-order valence-corrected chi connectivity index (χ2v) is 10.4. The van der Waals surface area contributed by atoms with Gasteiger partial charge >= 0.3 is 5.97 Å². The van der Waals surface area contributed by atoms with Crippen molar-refractivity contribution in [1.82, 2.24) is 5.32 Å². The van der Waals surface area contributed by atoms with E-state index in [-0.39, 0.29) is 29.9 Å². The number of amides is 1. The third-order valence-corrected chi connectivity index (χ3v) is 7.31. The molecule has 4 fully saturated rings. The molecule has 5 rings (SSSR count). The number of nitrogens with one attached hydrogen (secondary N) is 1. The first-order chi connectivity index (χ1) is 13.8. The van der Waals surface area contributed by atoms with Crippen LogP contribution in [0.3, 0.4) is 0 Å². The summed E-state index contributed by atoms with van der Waals surface area (Å²) in [5.74, 6) is 2.37. The van der Waals surface area contributed by atoms with Gasteiger partial charge in [0.2, 0.25) is 0 Å². The van der Waals surface area contributed by atoms with Crippen LogP contribution in [0.15, 0.2) is 24.3 Å². The summed E-state index contributed by atoms with van der Waals surface area (Å²) >= 11 is 0. The lowest BCUT2D eigenvalue weighted by Crippen LogP contribution is -2.51. The van der Waals surface area contributed by atoms with Gasteiger partial charge in [-0.25, -0.2) is 0 Å². The molecule has 0 heterocycles. The molecule has 158 valence electrons. The van der Waals surface area contributed by atoms with Gasteiger partial charge in [0.15, 0.2) is 6.61 Å². The lowest BCUT2D eigenvalue weighted by molar-refractivity contribution is -0.173. The maximum absolute atomic E-state index is 12.9. The van der Waals surface area contributed by atoms with Crippen molar-refractivity contribution in [1.29, 1.82) is 0 Å². The van der Waals surface area contributed by atoms with Crippen LogP contribution in [0.5, 0.6) is 0 Å². The molecule has 4 aliphatic carbocycles. The zero-order valence-electron chi connectivity index (χ0n) is 18.1. The first-order valence-corrected chi connectivity index (χ1v) is 11.4. The van der Waals surface area contributed by atoms with Gasteiger partial charge in [-0.3, -0.25) is 9.59 Å². The first-order valence-electron chi connectivity index (χ1n) is 11.4. The third-order valence-electron chi connectivity index (χ3n) is 7.31. The average molecular weight is 398 g/mol. The minimum Gasteiger partial charge on any atom is -0.455 e. The number of rotatable bonds is 7. The van der Waals surface area contributed by atoms with Crippen LogP contribution in [0.25, 0.3) is 0 Å². The molecular formula is C25H35NO3. The normalized spacial score (nSPS) is 31.0. The summed E-state index contributed by atoms with van der Waals surface area (Å²) < 4.78 is 5.54. The largest absolute Gasteiger partial charge is 0.455 e. The fourth-order valence-corrected chi connectivity index (χ4v) is 6.43. The molecule has 4 saturated carbocycles. The van der Waals surface area contributed by atoms with Crippen LogP contribution in [-0.2, 0) is 20.7 Å². The van der Waals surface area contributed by atoms with Crippen molar-refractivity contribution in [2.45, 2.75) is 71.8 Å². The smallest absolute Gasteiger partial charge is 0.312 e. The summed E-state index contributed by atoms with van der Waals surface area (Å²) in [6, 6.07) is 8.30. The second kappa shape index (κ2) is 8.12. The van der Waals surface area contributed by atoms with Gasteiger partial charge in [0.05, 0.1) is 11.5 Å². The van der Waals surface area contributed by atoms with Crippen LogP contribution < -0.4 is 5.32 Å². The van der Waals surface area contributed by atoms with E-state index in [2.05, 4.69) is 43.4 Å². The predicted octanol–water partition coefficient (Wildman–Crippen LogP) is 4.82. The van der Waals surface area contributed by atoms with Crippen LogP contribution in [-0.4, -0.2) is 18.5 Å². The SMILES string of the molecule is CC(C)Cc1ccc([C@H](C)NC(=O)COC(=O)C23CC4CC(CC(C4)C2)C3)cc1. The molecule has 29 heavy (non-hydrogen) atoms. The Hall–Kier alpha value is -1.84. The van der Waals surface area contributed by atoms with Gasteiger partial charge in [0.25, 0.3) is 5.91 Å². The van der Waals surface area contributed by atoms with E-state index < -0.39 is 0 Å². The summed E-state index contributed by atoms with van der Waals surface area (Å²) in [6.07, 6.45) is 7.85. The average Bonchev–Trinajstić information content (AvgIpc) is 2.65. The fourth-order valence-electron chi connectivity index (χ4n) is 6.43. The van der Waals surface area contributed by atoms with Crippen molar-refractivity contribution < 1.29 is 14.3 Å². The van der Waals surface area contributed by atoms with E-state index in [4.69, 9.17) is 4.74 Å². The molecule has 1 atom stereocenters. The molecule has 4 bridgehead atoms. The van der Waals surface area contributed by atoms with E-state index in [1.54, 1.807) is 0 Å². The molecule has 0 aromatic heterocycles. The standard InChI is InChI=1S/C25H35NO3/c1-16(2)8-18-4-6-22(7-5-18)17(3)26-23(27)15-29-24(28)25-12-19-9-20(13-25)11-21(10-19)14-25/h4-7,16-17,19-21H,8-15H2,1-3H3,(H,26,27)/t17-,19?,20?,21?,25?/m0/s1. The molecule has 0 aliphatic heterocycles. The molecule has 0 saturated heterocycles. The summed E-state index contributed by atoms with van der Waals surface area (Å²) in [6.45, 7) is 6.22. The van der Waals surface area contributed by atoms with Crippen LogP contribution in [0.2, 0.25) is 0 Å². The summed E-state index contributed by atoms with van der Waals surface area (Å²) in [7, 11) is 0. The van der Waals surface area contributed by atoms with Gasteiger partial charge in [-0.05, 0) is 86.7 Å². The van der Waals surface area contributed by atoms with E-state index in [9.17, 15) is 9.59 Å². The minimum atomic E-state index is -0.299. The van der Waals surface area contributed by atoms with E-state index >= 15 is 0 Å². The lowest BCUT2D eigenvalue weighted by atomic mass is 9.49. The van der Waals surface area contributed by atoms with E-state index in [0.717, 1.165) is 31.2 Å². The summed E-state index contributed by atoms with van der Waals surface area (Å²) in [4.78, 5) is 25.3. The molecule has 1 N–H and O–H groups in total. The second-order valence-electron chi connectivity index (χ2n) is 10.4. The Balaban J connectivity index is 1.27. The van der Waals surface area contributed by atoms with Crippen molar-refractivity contribution in [3.05, 3.63) is 35.4 Å². The number of hydrogen-bond acceptors (Lipinski definition) is 3. The Kier molecular flexibility index (Phi) is 5.72. The molecular weight excluding hydrogens is 362 g/mol. The highest BCUT2D eigenvalue weighted by Gasteiger charge is 2.55. The van der Waals surface area contributed by atoms with Crippen molar-refractivity contribution in [2.75, 3.05) is 6.61 Å². The Bertz CT molecular complexity index is 717. The third kappa shape index (κ3) is 4.51.